The van der Waals surface area contributed by atoms with Gasteiger partial charge in [0.2, 0.25) is 0 Å². The molecule has 2 nitrogen and oxygen atoms in total. The highest BCUT2D eigenvalue weighted by Gasteiger charge is 2.42. The van der Waals surface area contributed by atoms with Crippen LogP contribution in [0.1, 0.15) is 38.6 Å². The summed E-state index contributed by atoms with van der Waals surface area (Å²) < 4.78 is 6.83. The molecule has 0 aliphatic carbocycles. The number of hydrogen-bond acceptors (Lipinski definition) is 3. The average Bonchev–Trinajstić information content (AvgIpc) is 2.83. The second-order valence-electron chi connectivity index (χ2n) is 5.16. The summed E-state index contributed by atoms with van der Waals surface area (Å²) in [4.78, 5) is 1.32. The second kappa shape index (κ2) is 5.91. The first kappa shape index (κ1) is 14.3. The van der Waals surface area contributed by atoms with E-state index < -0.39 is 0 Å². The van der Waals surface area contributed by atoms with Crippen LogP contribution in [0.25, 0.3) is 0 Å². The van der Waals surface area contributed by atoms with Crippen LogP contribution in [0.3, 0.4) is 0 Å². The second-order valence-corrected chi connectivity index (χ2v) is 6.91. The van der Waals surface area contributed by atoms with Gasteiger partial charge in [0.15, 0.2) is 0 Å². The molecular formula is C14H22ClNOS. The minimum Gasteiger partial charge on any atom is -0.375 e. The van der Waals surface area contributed by atoms with E-state index in [0.29, 0.717) is 30.1 Å². The van der Waals surface area contributed by atoms with Gasteiger partial charge in [0, 0.05) is 16.8 Å². The largest absolute Gasteiger partial charge is 0.375 e. The Morgan fingerprint density at radius 2 is 2.06 bits per heavy atom. The van der Waals surface area contributed by atoms with Gasteiger partial charge in [-0.05, 0) is 38.4 Å². The van der Waals surface area contributed by atoms with Crippen molar-refractivity contribution in [3.05, 3.63) is 21.3 Å². The first-order chi connectivity index (χ1) is 8.54. The molecule has 18 heavy (non-hydrogen) atoms. The van der Waals surface area contributed by atoms with Gasteiger partial charge in [-0.1, -0.05) is 25.4 Å². The lowest BCUT2D eigenvalue weighted by Gasteiger charge is -2.28. The number of rotatable bonds is 4. The summed E-state index contributed by atoms with van der Waals surface area (Å²) in [5.41, 5.74) is 0. The maximum absolute atomic E-state index is 6.07. The highest BCUT2D eigenvalue weighted by molar-refractivity contribution is 7.16. The first-order valence-corrected chi connectivity index (χ1v) is 7.88. The van der Waals surface area contributed by atoms with Gasteiger partial charge in [-0.25, -0.2) is 0 Å². The Bertz CT molecular complexity index is 395. The molecule has 0 aromatic carbocycles. The third kappa shape index (κ3) is 2.74. The van der Waals surface area contributed by atoms with Crippen molar-refractivity contribution < 1.29 is 4.74 Å². The van der Waals surface area contributed by atoms with Crippen molar-refractivity contribution >= 4 is 22.9 Å². The Morgan fingerprint density at radius 3 is 2.50 bits per heavy atom. The predicted molar refractivity (Wildman–Crippen MR) is 78.4 cm³/mol. The van der Waals surface area contributed by atoms with Gasteiger partial charge in [0.25, 0.3) is 0 Å². The van der Waals surface area contributed by atoms with Gasteiger partial charge in [0.1, 0.15) is 0 Å². The van der Waals surface area contributed by atoms with E-state index in [1.54, 1.807) is 11.3 Å². The highest BCUT2D eigenvalue weighted by Crippen LogP contribution is 2.42. The quantitative estimate of drug-likeness (QED) is 0.900. The van der Waals surface area contributed by atoms with Crippen molar-refractivity contribution in [1.82, 2.24) is 5.32 Å². The lowest BCUT2D eigenvalue weighted by Crippen LogP contribution is -2.34. The molecule has 0 saturated carbocycles. The van der Waals surface area contributed by atoms with Gasteiger partial charge >= 0.3 is 0 Å². The molecule has 2 heterocycles. The minimum atomic E-state index is 0.292. The van der Waals surface area contributed by atoms with E-state index in [9.17, 15) is 0 Å². The van der Waals surface area contributed by atoms with Crippen molar-refractivity contribution in [3.8, 4) is 0 Å². The number of halogens is 1. The first-order valence-electron chi connectivity index (χ1n) is 6.68. The normalized spacial score (nSPS) is 33.8. The minimum absolute atomic E-state index is 0.292. The lowest BCUT2D eigenvalue weighted by atomic mass is 9.83. The molecule has 0 spiro atoms. The van der Waals surface area contributed by atoms with Crippen molar-refractivity contribution in [1.29, 1.82) is 0 Å². The van der Waals surface area contributed by atoms with Gasteiger partial charge < -0.3 is 10.1 Å². The summed E-state index contributed by atoms with van der Waals surface area (Å²) in [6.45, 7) is 9.76. The zero-order valence-corrected chi connectivity index (χ0v) is 13.0. The Balaban J connectivity index is 2.24. The molecule has 1 aromatic heterocycles. The monoisotopic (exact) mass is 287 g/mol. The van der Waals surface area contributed by atoms with E-state index in [2.05, 4.69) is 39.1 Å². The maximum Gasteiger partial charge on any atom is 0.0931 e. The van der Waals surface area contributed by atoms with E-state index in [1.807, 2.05) is 6.07 Å². The maximum atomic E-state index is 6.07. The summed E-state index contributed by atoms with van der Waals surface area (Å²) in [5, 5.41) is 3.61. The average molecular weight is 288 g/mol. The molecule has 0 radical (unpaired) electrons. The molecule has 0 bridgehead atoms. The van der Waals surface area contributed by atoms with E-state index >= 15 is 0 Å². The fourth-order valence-electron chi connectivity index (χ4n) is 3.01. The molecule has 102 valence electrons. The SMILES string of the molecule is CCNC(c1ccc(Cl)s1)C1C(C)OC(C)C1C. The lowest BCUT2D eigenvalue weighted by molar-refractivity contribution is 0.0477. The van der Waals surface area contributed by atoms with Crippen LogP contribution in [0, 0.1) is 11.8 Å². The zero-order valence-electron chi connectivity index (χ0n) is 11.4. The van der Waals surface area contributed by atoms with Gasteiger partial charge in [0.05, 0.1) is 16.5 Å². The molecule has 0 amide bonds. The molecule has 1 aliphatic rings. The summed E-state index contributed by atoms with van der Waals surface area (Å²) in [7, 11) is 0. The van der Waals surface area contributed by atoms with Gasteiger partial charge in [-0.15, -0.1) is 11.3 Å². The number of ether oxygens (including phenoxy) is 1. The number of thiophene rings is 1. The third-order valence-corrected chi connectivity index (χ3v) is 5.34. The van der Waals surface area contributed by atoms with Crippen molar-refractivity contribution in [3.63, 3.8) is 0 Å². The van der Waals surface area contributed by atoms with E-state index in [1.165, 1.54) is 4.88 Å². The summed E-state index contributed by atoms with van der Waals surface area (Å²) in [5.74, 6) is 1.07. The summed E-state index contributed by atoms with van der Waals surface area (Å²) >= 11 is 7.75. The zero-order chi connectivity index (χ0) is 13.3. The van der Waals surface area contributed by atoms with E-state index in [-0.39, 0.29) is 0 Å². The topological polar surface area (TPSA) is 21.3 Å². The number of nitrogens with one attached hydrogen (secondary N) is 1. The summed E-state index contributed by atoms with van der Waals surface area (Å²) in [6.07, 6.45) is 0.626. The molecule has 2 rings (SSSR count). The van der Waals surface area contributed by atoms with Crippen molar-refractivity contribution in [2.75, 3.05) is 6.54 Å². The Hall–Kier alpha value is -0.0900. The number of hydrogen-bond donors (Lipinski definition) is 1. The van der Waals surface area contributed by atoms with Crippen LogP contribution in [-0.4, -0.2) is 18.8 Å². The molecule has 1 fully saturated rings. The third-order valence-electron chi connectivity index (χ3n) is 4.03. The van der Waals surface area contributed by atoms with Crippen LogP contribution < -0.4 is 5.32 Å². The van der Waals surface area contributed by atoms with Gasteiger partial charge in [-0.3, -0.25) is 0 Å². The highest BCUT2D eigenvalue weighted by atomic mass is 35.5. The molecule has 5 unspecified atom stereocenters. The molecule has 4 heteroatoms. The molecule has 1 aromatic rings. The smallest absolute Gasteiger partial charge is 0.0931 e. The van der Waals surface area contributed by atoms with Crippen LogP contribution in [0.2, 0.25) is 4.34 Å². The molecule has 1 saturated heterocycles. The van der Waals surface area contributed by atoms with Crippen LogP contribution in [0.5, 0.6) is 0 Å². The Labute approximate surface area is 119 Å². The van der Waals surface area contributed by atoms with Gasteiger partial charge in [-0.2, -0.15) is 0 Å². The van der Waals surface area contributed by atoms with Crippen molar-refractivity contribution in [2.24, 2.45) is 11.8 Å². The fourth-order valence-corrected chi connectivity index (χ4v) is 4.20. The predicted octanol–water partition coefficient (Wildman–Crippen LogP) is 4.11. The van der Waals surface area contributed by atoms with Crippen LogP contribution in [0.4, 0.5) is 0 Å². The fraction of sp³-hybridized carbons (Fsp3) is 0.714. The standard InChI is InChI=1S/C14H22ClNOS/c1-5-16-14(11-6-7-12(15)18-11)13-8(2)9(3)17-10(13)4/h6-10,13-14,16H,5H2,1-4H3. The van der Waals surface area contributed by atoms with E-state index in [4.69, 9.17) is 16.3 Å². The molecule has 1 N–H and O–H groups in total. The van der Waals surface area contributed by atoms with Crippen LogP contribution >= 0.6 is 22.9 Å². The molecule has 1 aliphatic heterocycles. The molecule has 5 atom stereocenters. The summed E-state index contributed by atoms with van der Waals surface area (Å²) in [6, 6.07) is 4.48. The van der Waals surface area contributed by atoms with E-state index in [0.717, 1.165) is 10.9 Å². The molecular weight excluding hydrogens is 266 g/mol. The Kier molecular flexibility index (Phi) is 4.70. The van der Waals surface area contributed by atoms with Crippen molar-refractivity contribution in [2.45, 2.75) is 45.9 Å². The van der Waals surface area contributed by atoms with Crippen LogP contribution in [0.15, 0.2) is 12.1 Å². The van der Waals surface area contributed by atoms with Crippen LogP contribution in [-0.2, 0) is 4.74 Å². The Morgan fingerprint density at radius 1 is 1.33 bits per heavy atom.